The van der Waals surface area contributed by atoms with E-state index < -0.39 is 10.0 Å². The third-order valence-corrected chi connectivity index (χ3v) is 7.07. The number of nitrogens with zero attached hydrogens (tertiary/aromatic N) is 2. The number of imidazole rings is 1. The summed E-state index contributed by atoms with van der Waals surface area (Å²) in [6.07, 6.45) is 1.52. The van der Waals surface area contributed by atoms with E-state index in [0.29, 0.717) is 30.4 Å². The summed E-state index contributed by atoms with van der Waals surface area (Å²) >= 11 is 0. The maximum absolute atomic E-state index is 12.9. The van der Waals surface area contributed by atoms with Crippen LogP contribution in [-0.2, 0) is 29.4 Å². The Labute approximate surface area is 193 Å². The number of rotatable bonds is 7. The molecule has 2 heterocycles. The Balaban J connectivity index is 1.32. The van der Waals surface area contributed by atoms with Crippen molar-refractivity contribution >= 4 is 26.7 Å². The van der Waals surface area contributed by atoms with Crippen LogP contribution in [0.2, 0.25) is 0 Å². The molecule has 8 heteroatoms. The van der Waals surface area contributed by atoms with Gasteiger partial charge in [-0.25, -0.2) is 13.4 Å². The summed E-state index contributed by atoms with van der Waals surface area (Å²) < 4.78 is 41.8. The van der Waals surface area contributed by atoms with Gasteiger partial charge in [0.05, 0.1) is 15.9 Å². The van der Waals surface area contributed by atoms with Gasteiger partial charge in [-0.1, -0.05) is 24.3 Å². The van der Waals surface area contributed by atoms with Crippen molar-refractivity contribution in [3.63, 3.8) is 0 Å². The van der Waals surface area contributed by atoms with Gasteiger partial charge in [-0.05, 0) is 55.3 Å². The first kappa shape index (κ1) is 21.3. The standard InChI is InChI=1S/C25H25N3O4S/c1-2-28-22-9-4-3-8-21(22)26-25(28)13-10-18-6-5-7-19(16-18)27-33(29,30)20-11-12-23-24(17-20)32-15-14-31-23/h3-9,11-12,16-17,27H,2,10,13-15H2,1H3. The second-order valence-electron chi connectivity index (χ2n) is 7.87. The summed E-state index contributed by atoms with van der Waals surface area (Å²) in [7, 11) is -3.76. The molecule has 7 nitrogen and oxygen atoms in total. The number of benzene rings is 3. The van der Waals surface area contributed by atoms with Crippen LogP contribution < -0.4 is 14.2 Å². The Kier molecular flexibility index (Phi) is 5.68. The average molecular weight is 464 g/mol. The lowest BCUT2D eigenvalue weighted by Gasteiger charge is -2.19. The third kappa shape index (κ3) is 4.39. The molecule has 1 aromatic heterocycles. The molecule has 0 radical (unpaired) electrons. The molecule has 170 valence electrons. The summed E-state index contributed by atoms with van der Waals surface area (Å²) in [5.74, 6) is 2.03. The Morgan fingerprint density at radius 3 is 2.61 bits per heavy atom. The van der Waals surface area contributed by atoms with Crippen molar-refractivity contribution in [2.24, 2.45) is 0 Å². The van der Waals surface area contributed by atoms with Crippen LogP contribution in [0.3, 0.4) is 0 Å². The molecule has 1 N–H and O–H groups in total. The molecule has 5 rings (SSSR count). The Morgan fingerprint density at radius 2 is 1.76 bits per heavy atom. The topological polar surface area (TPSA) is 82.5 Å². The number of fused-ring (bicyclic) bond motifs is 2. The number of aryl methyl sites for hydroxylation is 3. The predicted molar refractivity (Wildman–Crippen MR) is 127 cm³/mol. The number of para-hydroxylation sites is 2. The maximum atomic E-state index is 12.9. The van der Waals surface area contributed by atoms with Crippen LogP contribution >= 0.6 is 0 Å². The molecule has 0 aliphatic carbocycles. The van der Waals surface area contributed by atoms with E-state index in [0.717, 1.165) is 41.8 Å². The fraction of sp³-hybridized carbons (Fsp3) is 0.240. The van der Waals surface area contributed by atoms with Gasteiger partial charge in [-0.3, -0.25) is 4.72 Å². The van der Waals surface area contributed by atoms with E-state index in [1.54, 1.807) is 12.1 Å². The van der Waals surface area contributed by atoms with Crippen molar-refractivity contribution in [2.45, 2.75) is 31.2 Å². The van der Waals surface area contributed by atoms with Crippen molar-refractivity contribution in [3.8, 4) is 11.5 Å². The van der Waals surface area contributed by atoms with Crippen LogP contribution in [0, 0.1) is 0 Å². The number of anilines is 1. The van der Waals surface area contributed by atoms with E-state index in [4.69, 9.17) is 14.5 Å². The first-order chi connectivity index (χ1) is 16.0. The molecule has 0 bridgehead atoms. The zero-order chi connectivity index (χ0) is 22.8. The zero-order valence-corrected chi connectivity index (χ0v) is 19.1. The van der Waals surface area contributed by atoms with Crippen LogP contribution in [0.5, 0.6) is 11.5 Å². The molecular weight excluding hydrogens is 438 g/mol. The van der Waals surface area contributed by atoms with Crippen molar-refractivity contribution in [1.29, 1.82) is 0 Å². The Bertz CT molecular complexity index is 1410. The van der Waals surface area contributed by atoms with Gasteiger partial charge in [0.25, 0.3) is 10.0 Å². The molecule has 0 saturated heterocycles. The van der Waals surface area contributed by atoms with Crippen LogP contribution in [0.25, 0.3) is 11.0 Å². The SMILES string of the molecule is CCn1c(CCc2cccc(NS(=O)(=O)c3ccc4c(c3)OCCO4)c2)nc2ccccc21. The first-order valence-electron chi connectivity index (χ1n) is 11.0. The molecule has 0 atom stereocenters. The van der Waals surface area contributed by atoms with Crippen LogP contribution in [0.15, 0.2) is 71.6 Å². The summed E-state index contributed by atoms with van der Waals surface area (Å²) in [5, 5.41) is 0. The van der Waals surface area contributed by atoms with E-state index in [1.807, 2.05) is 36.4 Å². The molecule has 4 aromatic rings. The maximum Gasteiger partial charge on any atom is 0.262 e. The fourth-order valence-electron chi connectivity index (χ4n) is 4.12. The number of hydrogen-bond donors (Lipinski definition) is 1. The van der Waals surface area contributed by atoms with Crippen molar-refractivity contribution < 1.29 is 17.9 Å². The van der Waals surface area contributed by atoms with Gasteiger partial charge in [0.2, 0.25) is 0 Å². The monoisotopic (exact) mass is 463 g/mol. The molecule has 0 saturated carbocycles. The minimum Gasteiger partial charge on any atom is -0.486 e. The quantitative estimate of drug-likeness (QED) is 0.439. The number of aromatic nitrogens is 2. The molecule has 0 fully saturated rings. The molecule has 1 aliphatic heterocycles. The highest BCUT2D eigenvalue weighted by molar-refractivity contribution is 7.92. The lowest BCUT2D eigenvalue weighted by Crippen LogP contribution is -2.17. The second kappa shape index (κ2) is 8.78. The summed E-state index contributed by atoms with van der Waals surface area (Å²) in [6.45, 7) is 3.83. The number of nitrogens with one attached hydrogen (secondary N) is 1. The first-order valence-corrected chi connectivity index (χ1v) is 12.5. The van der Waals surface area contributed by atoms with Crippen LogP contribution in [-0.4, -0.2) is 31.2 Å². The van der Waals surface area contributed by atoms with Gasteiger partial charge in [-0.2, -0.15) is 0 Å². The molecule has 1 aliphatic rings. The van der Waals surface area contributed by atoms with Gasteiger partial charge in [-0.15, -0.1) is 0 Å². The van der Waals surface area contributed by atoms with Crippen LogP contribution in [0.1, 0.15) is 18.3 Å². The minimum absolute atomic E-state index is 0.133. The lowest BCUT2D eigenvalue weighted by molar-refractivity contribution is 0.171. The number of ether oxygens (including phenoxy) is 2. The normalized spacial score (nSPS) is 13.2. The zero-order valence-electron chi connectivity index (χ0n) is 18.3. The molecule has 3 aromatic carbocycles. The van der Waals surface area contributed by atoms with Crippen molar-refractivity contribution in [3.05, 3.63) is 78.1 Å². The lowest BCUT2D eigenvalue weighted by atomic mass is 10.1. The van der Waals surface area contributed by atoms with E-state index in [2.05, 4.69) is 22.3 Å². The smallest absolute Gasteiger partial charge is 0.262 e. The average Bonchev–Trinajstić information content (AvgIpc) is 3.20. The highest BCUT2D eigenvalue weighted by Gasteiger charge is 2.19. The van der Waals surface area contributed by atoms with E-state index >= 15 is 0 Å². The van der Waals surface area contributed by atoms with Gasteiger partial charge in [0, 0.05) is 24.7 Å². The Morgan fingerprint density at radius 1 is 0.939 bits per heavy atom. The van der Waals surface area contributed by atoms with E-state index in [9.17, 15) is 8.42 Å². The molecule has 0 spiro atoms. The van der Waals surface area contributed by atoms with Gasteiger partial charge in [0.15, 0.2) is 11.5 Å². The fourth-order valence-corrected chi connectivity index (χ4v) is 5.18. The highest BCUT2D eigenvalue weighted by atomic mass is 32.2. The van der Waals surface area contributed by atoms with Gasteiger partial charge < -0.3 is 14.0 Å². The van der Waals surface area contributed by atoms with Crippen molar-refractivity contribution in [2.75, 3.05) is 17.9 Å². The summed E-state index contributed by atoms with van der Waals surface area (Å²) in [5.41, 5.74) is 3.68. The van der Waals surface area contributed by atoms with Crippen molar-refractivity contribution in [1.82, 2.24) is 9.55 Å². The summed E-state index contributed by atoms with van der Waals surface area (Å²) in [4.78, 5) is 4.92. The van der Waals surface area contributed by atoms with Crippen LogP contribution in [0.4, 0.5) is 5.69 Å². The third-order valence-electron chi connectivity index (χ3n) is 5.69. The highest BCUT2D eigenvalue weighted by Crippen LogP contribution is 2.32. The largest absolute Gasteiger partial charge is 0.486 e. The number of sulfonamides is 1. The minimum atomic E-state index is -3.76. The molecule has 0 amide bonds. The molecular formula is C25H25N3O4S. The predicted octanol–water partition coefficient (Wildman–Crippen LogP) is 4.41. The van der Waals surface area contributed by atoms with Gasteiger partial charge in [0.1, 0.15) is 19.0 Å². The molecule has 0 unspecified atom stereocenters. The molecule has 33 heavy (non-hydrogen) atoms. The van der Waals surface area contributed by atoms with E-state index in [1.165, 1.54) is 12.1 Å². The Hall–Kier alpha value is -3.52. The summed E-state index contributed by atoms with van der Waals surface area (Å²) in [6, 6.07) is 20.3. The second-order valence-corrected chi connectivity index (χ2v) is 9.55. The van der Waals surface area contributed by atoms with Gasteiger partial charge >= 0.3 is 0 Å². The number of hydrogen-bond acceptors (Lipinski definition) is 5. The van der Waals surface area contributed by atoms with E-state index in [-0.39, 0.29) is 4.90 Å².